The van der Waals surface area contributed by atoms with Crippen LogP contribution in [0, 0.1) is 6.92 Å². The van der Waals surface area contributed by atoms with Crippen LogP contribution in [0.15, 0.2) is 6.20 Å². The minimum absolute atomic E-state index is 0.211. The molecule has 0 unspecified atom stereocenters. The number of H-pyrrole nitrogens is 1. The van der Waals surface area contributed by atoms with Crippen molar-refractivity contribution in [2.75, 3.05) is 45.9 Å². The van der Waals surface area contributed by atoms with Crippen LogP contribution in [0.4, 0.5) is 0 Å². The van der Waals surface area contributed by atoms with Gasteiger partial charge in [0.1, 0.15) is 0 Å². The third-order valence-corrected chi connectivity index (χ3v) is 4.52. The van der Waals surface area contributed by atoms with Crippen molar-refractivity contribution in [1.82, 2.24) is 14.8 Å². The molecule has 21 heavy (non-hydrogen) atoms. The fourth-order valence-electron chi connectivity index (χ4n) is 3.30. The van der Waals surface area contributed by atoms with E-state index in [1.807, 2.05) is 18.0 Å². The molecule has 1 aromatic rings. The number of rotatable bonds is 4. The number of nitrogens with one attached hydrogen (secondary N) is 1. The van der Waals surface area contributed by atoms with E-state index in [-0.39, 0.29) is 5.91 Å². The summed E-state index contributed by atoms with van der Waals surface area (Å²) >= 11 is 0. The van der Waals surface area contributed by atoms with E-state index >= 15 is 0 Å². The van der Waals surface area contributed by atoms with E-state index in [4.69, 9.17) is 4.74 Å². The van der Waals surface area contributed by atoms with Crippen LogP contribution in [0.5, 0.6) is 0 Å². The molecular formula is C16H25N3O2. The lowest BCUT2D eigenvalue weighted by atomic mass is 10.1. The number of aromatic amines is 1. The normalized spacial score (nSPS) is 20.4. The predicted molar refractivity (Wildman–Crippen MR) is 81.6 cm³/mol. The number of hydrogen-bond acceptors (Lipinski definition) is 3. The molecule has 1 N–H and O–H groups in total. The second kappa shape index (κ2) is 6.62. The lowest BCUT2D eigenvalue weighted by Gasteiger charge is -2.28. The molecule has 1 saturated heterocycles. The summed E-state index contributed by atoms with van der Waals surface area (Å²) in [6.45, 7) is 8.55. The van der Waals surface area contributed by atoms with E-state index in [0.29, 0.717) is 0 Å². The van der Waals surface area contributed by atoms with Gasteiger partial charge in [-0.15, -0.1) is 0 Å². The molecule has 116 valence electrons. The van der Waals surface area contributed by atoms with Gasteiger partial charge < -0.3 is 14.6 Å². The number of hydrogen-bond donors (Lipinski definition) is 1. The van der Waals surface area contributed by atoms with Gasteiger partial charge in [0.15, 0.2) is 0 Å². The molecule has 1 aromatic heterocycles. The van der Waals surface area contributed by atoms with Crippen LogP contribution in [0.25, 0.3) is 0 Å². The molecular weight excluding hydrogens is 266 g/mol. The summed E-state index contributed by atoms with van der Waals surface area (Å²) in [4.78, 5) is 20.4. The predicted octanol–water partition coefficient (Wildman–Crippen LogP) is 1.43. The third kappa shape index (κ3) is 3.30. The van der Waals surface area contributed by atoms with Crippen LogP contribution in [-0.2, 0) is 11.2 Å². The molecule has 1 fully saturated rings. The van der Waals surface area contributed by atoms with Gasteiger partial charge in [0.05, 0.1) is 18.8 Å². The van der Waals surface area contributed by atoms with Crippen LogP contribution in [0.2, 0.25) is 0 Å². The molecule has 0 aromatic carbocycles. The van der Waals surface area contributed by atoms with Gasteiger partial charge in [-0.25, -0.2) is 0 Å². The number of carbonyl (C=O) groups is 1. The Bertz CT molecular complexity index is 492. The average Bonchev–Trinajstić information content (AvgIpc) is 2.79. The molecule has 3 rings (SSSR count). The van der Waals surface area contributed by atoms with Crippen molar-refractivity contribution >= 4 is 5.91 Å². The van der Waals surface area contributed by atoms with E-state index in [0.717, 1.165) is 82.0 Å². The maximum absolute atomic E-state index is 12.7. The Morgan fingerprint density at radius 2 is 2.05 bits per heavy atom. The molecule has 0 saturated carbocycles. The number of amides is 1. The number of aromatic nitrogens is 1. The fourth-order valence-corrected chi connectivity index (χ4v) is 3.30. The Morgan fingerprint density at radius 1 is 1.24 bits per heavy atom. The number of nitrogens with zero attached hydrogens (tertiary/aromatic N) is 2. The first-order valence-electron chi connectivity index (χ1n) is 8.02. The van der Waals surface area contributed by atoms with Crippen LogP contribution in [0.1, 0.15) is 34.5 Å². The zero-order valence-corrected chi connectivity index (χ0v) is 12.9. The number of aryl methyl sites for hydroxylation is 2. The van der Waals surface area contributed by atoms with Gasteiger partial charge in [0, 0.05) is 44.6 Å². The Balaban J connectivity index is 1.55. The lowest BCUT2D eigenvalue weighted by Crippen LogP contribution is -2.39. The van der Waals surface area contributed by atoms with E-state index in [2.05, 4.69) is 9.88 Å². The van der Waals surface area contributed by atoms with Gasteiger partial charge in [-0.2, -0.15) is 0 Å². The Kier molecular flexibility index (Phi) is 4.60. The van der Waals surface area contributed by atoms with Crippen LogP contribution in [0.3, 0.4) is 0 Å². The van der Waals surface area contributed by atoms with Crippen molar-refractivity contribution in [3.8, 4) is 0 Å². The SMILES string of the molecule is Cc1c[nH]c2c1C(=O)N(CCCN1CCOCC1)CCC2. The molecule has 0 atom stereocenters. The van der Waals surface area contributed by atoms with E-state index in [9.17, 15) is 4.79 Å². The summed E-state index contributed by atoms with van der Waals surface area (Å²) in [7, 11) is 0. The topological polar surface area (TPSA) is 48.6 Å². The van der Waals surface area contributed by atoms with Gasteiger partial charge in [-0.05, 0) is 31.7 Å². The van der Waals surface area contributed by atoms with Crippen molar-refractivity contribution < 1.29 is 9.53 Å². The molecule has 5 heteroatoms. The monoisotopic (exact) mass is 291 g/mol. The highest BCUT2D eigenvalue weighted by Crippen LogP contribution is 2.21. The highest BCUT2D eigenvalue weighted by atomic mass is 16.5. The molecule has 2 aliphatic rings. The van der Waals surface area contributed by atoms with Gasteiger partial charge >= 0.3 is 0 Å². The second-order valence-corrected chi connectivity index (χ2v) is 6.03. The summed E-state index contributed by atoms with van der Waals surface area (Å²) < 4.78 is 5.36. The smallest absolute Gasteiger partial charge is 0.255 e. The fraction of sp³-hybridized carbons (Fsp3) is 0.688. The highest BCUT2D eigenvalue weighted by molar-refractivity contribution is 5.97. The zero-order valence-electron chi connectivity index (χ0n) is 12.9. The summed E-state index contributed by atoms with van der Waals surface area (Å²) in [5, 5.41) is 0. The first-order chi connectivity index (χ1) is 10.3. The first kappa shape index (κ1) is 14.6. The molecule has 5 nitrogen and oxygen atoms in total. The van der Waals surface area contributed by atoms with Crippen molar-refractivity contribution in [3.05, 3.63) is 23.0 Å². The van der Waals surface area contributed by atoms with Crippen LogP contribution >= 0.6 is 0 Å². The summed E-state index contributed by atoms with van der Waals surface area (Å²) in [6, 6.07) is 0. The minimum atomic E-state index is 0.211. The quantitative estimate of drug-likeness (QED) is 0.913. The molecule has 3 heterocycles. The molecule has 0 bridgehead atoms. The maximum Gasteiger partial charge on any atom is 0.255 e. The molecule has 1 amide bonds. The van der Waals surface area contributed by atoms with E-state index < -0.39 is 0 Å². The molecule has 0 aliphatic carbocycles. The lowest BCUT2D eigenvalue weighted by molar-refractivity contribution is 0.0357. The van der Waals surface area contributed by atoms with Crippen LogP contribution < -0.4 is 0 Å². The minimum Gasteiger partial charge on any atom is -0.379 e. The van der Waals surface area contributed by atoms with Gasteiger partial charge in [-0.1, -0.05) is 0 Å². The highest BCUT2D eigenvalue weighted by Gasteiger charge is 2.25. The zero-order chi connectivity index (χ0) is 14.7. The van der Waals surface area contributed by atoms with Crippen molar-refractivity contribution in [3.63, 3.8) is 0 Å². The Labute approximate surface area is 126 Å². The van der Waals surface area contributed by atoms with Crippen molar-refractivity contribution in [2.24, 2.45) is 0 Å². The van der Waals surface area contributed by atoms with E-state index in [1.165, 1.54) is 0 Å². The van der Waals surface area contributed by atoms with Crippen molar-refractivity contribution in [2.45, 2.75) is 26.2 Å². The van der Waals surface area contributed by atoms with Crippen molar-refractivity contribution in [1.29, 1.82) is 0 Å². The molecule has 0 radical (unpaired) electrons. The van der Waals surface area contributed by atoms with E-state index in [1.54, 1.807) is 0 Å². The van der Waals surface area contributed by atoms with Crippen LogP contribution in [-0.4, -0.2) is 66.6 Å². The Hall–Kier alpha value is -1.33. The standard InChI is InChI=1S/C16H25N3O2/c1-13-12-17-14-4-2-6-19(16(20)15(13)14)7-3-5-18-8-10-21-11-9-18/h12,17H,2-11H2,1H3. The third-order valence-electron chi connectivity index (χ3n) is 4.52. The van der Waals surface area contributed by atoms with Gasteiger partial charge in [0.25, 0.3) is 5.91 Å². The number of carbonyl (C=O) groups excluding carboxylic acids is 1. The summed E-state index contributed by atoms with van der Waals surface area (Å²) in [6.07, 6.45) is 5.04. The molecule has 2 aliphatic heterocycles. The average molecular weight is 291 g/mol. The maximum atomic E-state index is 12.7. The largest absolute Gasteiger partial charge is 0.379 e. The van der Waals surface area contributed by atoms with Gasteiger partial charge in [-0.3, -0.25) is 9.69 Å². The number of ether oxygens (including phenoxy) is 1. The Morgan fingerprint density at radius 3 is 2.86 bits per heavy atom. The summed E-state index contributed by atoms with van der Waals surface area (Å²) in [5.41, 5.74) is 3.11. The first-order valence-corrected chi connectivity index (χ1v) is 8.02. The molecule has 0 spiro atoms. The summed E-state index contributed by atoms with van der Waals surface area (Å²) in [5.74, 6) is 0.211. The number of fused-ring (bicyclic) bond motifs is 1. The number of morpholine rings is 1. The van der Waals surface area contributed by atoms with Gasteiger partial charge in [0.2, 0.25) is 0 Å². The second-order valence-electron chi connectivity index (χ2n) is 6.03.